The summed E-state index contributed by atoms with van der Waals surface area (Å²) >= 11 is 0. The first-order valence-electron chi connectivity index (χ1n) is 5.52. The second-order valence-electron chi connectivity index (χ2n) is 4.39. The minimum atomic E-state index is -0.721. The Morgan fingerprint density at radius 1 is 1.35 bits per heavy atom. The average molecular weight is 262 g/mol. The molecule has 0 aliphatic heterocycles. The molecule has 0 heterocycles. The van der Waals surface area contributed by atoms with Crippen molar-refractivity contribution < 1.29 is 14.6 Å². The van der Waals surface area contributed by atoms with Crippen molar-refractivity contribution in [3.05, 3.63) is 29.6 Å². The lowest BCUT2D eigenvalue weighted by atomic mass is 9.77. The number of hydrogen-bond donors (Lipinski definition) is 3. The van der Waals surface area contributed by atoms with Crippen LogP contribution in [0.2, 0.25) is 0 Å². The summed E-state index contributed by atoms with van der Waals surface area (Å²) < 4.78 is 13.1. The zero-order valence-corrected chi connectivity index (χ0v) is 10.2. The quantitative estimate of drug-likeness (QED) is 0.781. The van der Waals surface area contributed by atoms with Gasteiger partial charge in [-0.2, -0.15) is 0 Å². The number of rotatable bonds is 3. The largest absolute Gasteiger partial charge is 0.505 e. The number of phenolic OH excluding ortho intramolecular Hbond substituents is 1. The van der Waals surface area contributed by atoms with Gasteiger partial charge in [0.25, 0.3) is 0 Å². The Labute approximate surface area is 106 Å². The maximum absolute atomic E-state index is 13.1. The summed E-state index contributed by atoms with van der Waals surface area (Å²) in [6.45, 7) is 0. The maximum atomic E-state index is 13.1. The molecule has 4 N–H and O–H groups in total. The third kappa shape index (κ3) is 2.70. The number of benzene rings is 1. The Morgan fingerprint density at radius 3 is 2.53 bits per heavy atom. The van der Waals surface area contributed by atoms with E-state index in [1.54, 1.807) is 6.07 Å². The van der Waals surface area contributed by atoms with Crippen molar-refractivity contribution in [3.8, 4) is 5.75 Å². The topological polar surface area (TPSA) is 66.5 Å². The summed E-state index contributed by atoms with van der Waals surface area (Å²) in [6, 6.07) is 3.48. The summed E-state index contributed by atoms with van der Waals surface area (Å²) in [4.78, 5) is 0. The minimum Gasteiger partial charge on any atom is -0.505 e. The van der Waals surface area contributed by atoms with Gasteiger partial charge in [-0.3, -0.25) is 0 Å². The second-order valence-corrected chi connectivity index (χ2v) is 4.39. The van der Waals surface area contributed by atoms with E-state index in [9.17, 15) is 14.6 Å². The summed E-state index contributed by atoms with van der Waals surface area (Å²) in [6.07, 6.45) is 2.29. The van der Waals surface area contributed by atoms with E-state index in [-0.39, 0.29) is 23.9 Å². The molecule has 1 saturated carbocycles. The van der Waals surface area contributed by atoms with E-state index < -0.39 is 23.7 Å². The highest BCUT2D eigenvalue weighted by atomic mass is 35.5. The second kappa shape index (κ2) is 5.67. The molecular weight excluding hydrogens is 245 g/mol. The average Bonchev–Trinajstić information content (AvgIpc) is 2.18. The zero-order valence-electron chi connectivity index (χ0n) is 9.34. The van der Waals surface area contributed by atoms with Gasteiger partial charge in [-0.25, -0.2) is 4.39 Å². The molecule has 2 rings (SSSR count). The number of hydrogen-bond acceptors (Lipinski definition) is 3. The van der Waals surface area contributed by atoms with Crippen LogP contribution in [-0.2, 0) is 0 Å². The minimum absolute atomic E-state index is 0. The Bertz CT molecular complexity index is 385. The Hall–Kier alpha value is -0.840. The van der Waals surface area contributed by atoms with Gasteiger partial charge in [0.1, 0.15) is 0 Å². The van der Waals surface area contributed by atoms with Crippen LogP contribution < -0.4 is 5.73 Å². The van der Waals surface area contributed by atoms with Crippen LogP contribution >= 0.6 is 12.4 Å². The number of aromatic hydroxyl groups is 1. The van der Waals surface area contributed by atoms with Crippen LogP contribution in [0.15, 0.2) is 18.2 Å². The van der Waals surface area contributed by atoms with E-state index in [0.29, 0.717) is 0 Å². The first-order valence-corrected chi connectivity index (χ1v) is 5.52. The van der Waals surface area contributed by atoms with Gasteiger partial charge in [0, 0.05) is 5.56 Å². The lowest BCUT2D eigenvalue weighted by Gasteiger charge is -2.33. The van der Waals surface area contributed by atoms with Gasteiger partial charge in [-0.1, -0.05) is 18.6 Å². The summed E-state index contributed by atoms with van der Waals surface area (Å²) in [7, 11) is 0. The molecule has 0 amide bonds. The fourth-order valence-corrected chi connectivity index (χ4v) is 2.06. The van der Waals surface area contributed by atoms with E-state index in [0.717, 1.165) is 19.3 Å². The molecule has 17 heavy (non-hydrogen) atoms. The number of halogens is 2. The van der Waals surface area contributed by atoms with Crippen molar-refractivity contribution >= 4 is 12.4 Å². The van der Waals surface area contributed by atoms with Crippen LogP contribution in [-0.4, -0.2) is 16.3 Å². The van der Waals surface area contributed by atoms with Crippen LogP contribution in [0, 0.1) is 11.7 Å². The Morgan fingerprint density at radius 2 is 2.00 bits per heavy atom. The van der Waals surface area contributed by atoms with E-state index in [4.69, 9.17) is 5.73 Å². The number of aliphatic hydroxyl groups excluding tert-OH is 1. The lowest BCUT2D eigenvalue weighted by Crippen LogP contribution is -2.36. The lowest BCUT2D eigenvalue weighted by molar-refractivity contribution is 0.0406. The smallest absolute Gasteiger partial charge is 0.165 e. The molecule has 3 nitrogen and oxygen atoms in total. The fraction of sp³-hybridized carbons (Fsp3) is 0.500. The van der Waals surface area contributed by atoms with Crippen LogP contribution in [0.1, 0.15) is 30.9 Å². The molecule has 5 heteroatoms. The van der Waals surface area contributed by atoms with Gasteiger partial charge in [0.05, 0.1) is 12.1 Å². The monoisotopic (exact) mass is 261 g/mol. The highest BCUT2D eigenvalue weighted by Crippen LogP contribution is 2.36. The molecule has 0 saturated heterocycles. The van der Waals surface area contributed by atoms with Gasteiger partial charge < -0.3 is 15.9 Å². The standard InChI is InChI=1S/C12H16FNO2.ClH/c13-9-6-2-5-8(12(9)16)10(14)11(15)7-3-1-4-7;/h2,5-7,10-11,15-16H,1,3-4,14H2;1H/t10-,11+;/m0./s1. The number of para-hydroxylation sites is 1. The maximum Gasteiger partial charge on any atom is 0.165 e. The van der Waals surface area contributed by atoms with Gasteiger partial charge >= 0.3 is 0 Å². The zero-order chi connectivity index (χ0) is 11.7. The van der Waals surface area contributed by atoms with Crippen LogP contribution in [0.3, 0.4) is 0 Å². The van der Waals surface area contributed by atoms with E-state index >= 15 is 0 Å². The van der Waals surface area contributed by atoms with Gasteiger partial charge in [-0.15, -0.1) is 12.4 Å². The van der Waals surface area contributed by atoms with Crippen LogP contribution in [0.25, 0.3) is 0 Å². The molecule has 0 unspecified atom stereocenters. The van der Waals surface area contributed by atoms with Crippen molar-refractivity contribution in [2.24, 2.45) is 11.7 Å². The molecule has 1 aromatic carbocycles. The SMILES string of the molecule is Cl.N[C@@H](c1cccc(F)c1O)[C@H](O)C1CCC1. The molecule has 2 atom stereocenters. The normalized spacial score (nSPS) is 19.0. The van der Waals surface area contributed by atoms with E-state index in [1.807, 2.05) is 0 Å². The van der Waals surface area contributed by atoms with Crippen LogP contribution in [0.4, 0.5) is 4.39 Å². The summed E-state index contributed by atoms with van der Waals surface area (Å²) in [5.74, 6) is -0.972. The van der Waals surface area contributed by atoms with Crippen molar-refractivity contribution in [2.75, 3.05) is 0 Å². The highest BCUT2D eigenvalue weighted by Gasteiger charge is 2.32. The molecule has 1 aromatic rings. The van der Waals surface area contributed by atoms with Crippen molar-refractivity contribution in [1.29, 1.82) is 0 Å². The Balaban J connectivity index is 0.00000144. The molecule has 1 aliphatic rings. The molecule has 0 spiro atoms. The fourth-order valence-electron chi connectivity index (χ4n) is 2.06. The Kier molecular flexibility index (Phi) is 4.74. The molecule has 0 aromatic heterocycles. The predicted molar refractivity (Wildman–Crippen MR) is 65.6 cm³/mol. The summed E-state index contributed by atoms with van der Waals surface area (Å²) in [5.41, 5.74) is 6.12. The predicted octanol–water partition coefficient (Wildman–Crippen LogP) is 2.11. The number of nitrogens with two attached hydrogens (primary N) is 1. The first kappa shape index (κ1) is 14.2. The van der Waals surface area contributed by atoms with Crippen molar-refractivity contribution in [2.45, 2.75) is 31.4 Å². The van der Waals surface area contributed by atoms with Crippen molar-refractivity contribution in [1.82, 2.24) is 0 Å². The molecule has 0 radical (unpaired) electrons. The van der Waals surface area contributed by atoms with Crippen LogP contribution in [0.5, 0.6) is 5.75 Å². The number of phenols is 1. The van der Waals surface area contributed by atoms with Crippen molar-refractivity contribution in [3.63, 3.8) is 0 Å². The van der Waals surface area contributed by atoms with E-state index in [2.05, 4.69) is 0 Å². The van der Waals surface area contributed by atoms with Gasteiger partial charge in [-0.05, 0) is 24.8 Å². The molecule has 96 valence electrons. The molecule has 1 fully saturated rings. The molecule has 1 aliphatic carbocycles. The highest BCUT2D eigenvalue weighted by molar-refractivity contribution is 5.85. The number of aliphatic hydroxyl groups is 1. The third-order valence-electron chi connectivity index (χ3n) is 3.38. The molecule has 0 bridgehead atoms. The van der Waals surface area contributed by atoms with Gasteiger partial charge in [0.2, 0.25) is 0 Å². The first-order chi connectivity index (χ1) is 7.61. The molecular formula is C12H17ClFNO2. The summed E-state index contributed by atoms with van der Waals surface area (Å²) in [5, 5.41) is 19.5. The van der Waals surface area contributed by atoms with Gasteiger partial charge in [0.15, 0.2) is 11.6 Å². The third-order valence-corrected chi connectivity index (χ3v) is 3.38. The van der Waals surface area contributed by atoms with E-state index in [1.165, 1.54) is 12.1 Å².